The molecular formula is C5H12Br2Si. The van der Waals surface area contributed by atoms with E-state index in [2.05, 4.69) is 51.4 Å². The molecule has 0 saturated carbocycles. The Morgan fingerprint density at radius 1 is 1.25 bits per heavy atom. The van der Waals surface area contributed by atoms with E-state index < -0.39 is 6.04 Å². The summed E-state index contributed by atoms with van der Waals surface area (Å²) >= 11 is 7.13. The largest absolute Gasteiger partial charge is 0.187 e. The van der Waals surface area contributed by atoms with Crippen molar-refractivity contribution in [1.82, 2.24) is 0 Å². The van der Waals surface area contributed by atoms with E-state index in [1.54, 1.807) is 0 Å². The number of hydrogen-bond acceptors (Lipinski definition) is 0. The summed E-state index contributed by atoms with van der Waals surface area (Å²) in [5.41, 5.74) is 0.490. The van der Waals surface area contributed by atoms with Gasteiger partial charge in [0.1, 0.15) is 0 Å². The summed E-state index contributed by atoms with van der Waals surface area (Å²) in [4.78, 5) is 0. The van der Waals surface area contributed by atoms with E-state index in [0.29, 0.717) is 5.41 Å². The fourth-order valence-electron chi connectivity index (χ4n) is 0.463. The van der Waals surface area contributed by atoms with E-state index in [4.69, 9.17) is 0 Å². The summed E-state index contributed by atoms with van der Waals surface area (Å²) in [5, 5.41) is 0. The third kappa shape index (κ3) is 7.18. The minimum Gasteiger partial charge on any atom is -0.115 e. The molecular weight excluding hydrogens is 248 g/mol. The molecule has 0 aromatic carbocycles. The lowest BCUT2D eigenvalue weighted by Crippen LogP contribution is -2.09. The molecule has 0 aliphatic rings. The molecule has 0 rings (SSSR count). The second-order valence-electron chi connectivity index (χ2n) is 3.16. The zero-order valence-electron chi connectivity index (χ0n) is 5.54. The zero-order valence-corrected chi connectivity index (χ0v) is 9.87. The van der Waals surface area contributed by atoms with Crippen LogP contribution in [0, 0.1) is 5.41 Å². The molecule has 0 unspecified atom stereocenters. The molecule has 0 fully saturated rings. The predicted octanol–water partition coefficient (Wildman–Crippen LogP) is 3.04. The summed E-state index contributed by atoms with van der Waals surface area (Å²) < 4.78 is 0. The van der Waals surface area contributed by atoms with Crippen molar-refractivity contribution in [3.05, 3.63) is 0 Å². The molecule has 0 amide bonds. The molecule has 0 bridgehead atoms. The van der Waals surface area contributed by atoms with E-state index in [1.165, 1.54) is 6.04 Å². The lowest BCUT2D eigenvalue weighted by molar-refractivity contribution is 0.468. The smallest absolute Gasteiger partial charge is 0.115 e. The van der Waals surface area contributed by atoms with Gasteiger partial charge in [-0.3, -0.25) is 0 Å². The Kier molecular flexibility index (Phi) is 3.87. The molecule has 0 spiro atoms. The Morgan fingerprint density at radius 2 is 1.62 bits per heavy atom. The van der Waals surface area contributed by atoms with Gasteiger partial charge < -0.3 is 0 Å². The molecule has 8 heavy (non-hydrogen) atoms. The van der Waals surface area contributed by atoms with Crippen molar-refractivity contribution < 1.29 is 0 Å². The normalized spacial score (nSPS) is 12.8. The quantitative estimate of drug-likeness (QED) is 0.502. The summed E-state index contributed by atoms with van der Waals surface area (Å²) in [5.74, 6) is 0. The lowest BCUT2D eigenvalue weighted by atomic mass is 10.0. The van der Waals surface area contributed by atoms with Crippen LogP contribution in [0.15, 0.2) is 0 Å². The van der Waals surface area contributed by atoms with Crippen LogP contribution < -0.4 is 0 Å². The van der Waals surface area contributed by atoms with Crippen molar-refractivity contribution in [2.45, 2.75) is 26.8 Å². The fraction of sp³-hybridized carbons (Fsp3) is 1.00. The highest BCUT2D eigenvalue weighted by molar-refractivity contribution is 9.49. The number of hydrogen-bond donors (Lipinski definition) is 0. The highest BCUT2D eigenvalue weighted by atomic mass is 79.9. The monoisotopic (exact) mass is 258 g/mol. The Bertz CT molecular complexity index is 65.3. The predicted molar refractivity (Wildman–Crippen MR) is 49.3 cm³/mol. The van der Waals surface area contributed by atoms with Crippen LogP contribution in [0.1, 0.15) is 20.8 Å². The van der Waals surface area contributed by atoms with Gasteiger partial charge in [0.05, 0.1) is 0 Å². The Hall–Kier alpha value is 1.18. The summed E-state index contributed by atoms with van der Waals surface area (Å²) in [6.07, 6.45) is 0. The first-order valence-electron chi connectivity index (χ1n) is 2.70. The van der Waals surface area contributed by atoms with Gasteiger partial charge in [-0.25, -0.2) is 0 Å². The van der Waals surface area contributed by atoms with Crippen LogP contribution in [0.5, 0.6) is 0 Å². The average molecular weight is 260 g/mol. The molecule has 50 valence electrons. The van der Waals surface area contributed by atoms with Crippen LogP contribution in [0.3, 0.4) is 0 Å². The van der Waals surface area contributed by atoms with Crippen molar-refractivity contribution >= 4 is 36.6 Å². The van der Waals surface area contributed by atoms with E-state index in [9.17, 15) is 0 Å². The topological polar surface area (TPSA) is 0 Å². The summed E-state index contributed by atoms with van der Waals surface area (Å²) in [7, 11) is 0. The minimum atomic E-state index is -0.671. The van der Waals surface area contributed by atoms with Crippen molar-refractivity contribution in [3.8, 4) is 0 Å². The van der Waals surface area contributed by atoms with Gasteiger partial charge in [-0.1, -0.05) is 20.8 Å². The van der Waals surface area contributed by atoms with E-state index in [1.807, 2.05) is 0 Å². The molecule has 0 heterocycles. The van der Waals surface area contributed by atoms with Crippen molar-refractivity contribution in [2.24, 2.45) is 5.41 Å². The molecule has 3 heteroatoms. The van der Waals surface area contributed by atoms with Crippen LogP contribution in [0.2, 0.25) is 6.04 Å². The number of rotatable bonds is 1. The van der Waals surface area contributed by atoms with Crippen LogP contribution in [-0.2, 0) is 0 Å². The van der Waals surface area contributed by atoms with Crippen molar-refractivity contribution in [1.29, 1.82) is 0 Å². The molecule has 0 aromatic heterocycles. The SMILES string of the molecule is CC(C)(C)C[SiH](Br)Br. The van der Waals surface area contributed by atoms with Gasteiger partial charge >= 0.3 is 0 Å². The molecule has 0 aliphatic carbocycles. The Labute approximate surface area is 68.8 Å². The molecule has 0 aliphatic heterocycles. The molecule has 0 saturated heterocycles. The third-order valence-electron chi connectivity index (χ3n) is 0.767. The first-order valence-corrected chi connectivity index (χ1v) is 9.88. The maximum atomic E-state index is 3.57. The Morgan fingerprint density at radius 3 is 1.62 bits per heavy atom. The highest BCUT2D eigenvalue weighted by Gasteiger charge is 2.14. The molecule has 0 aromatic rings. The van der Waals surface area contributed by atoms with Gasteiger partial charge in [-0.15, -0.1) is 30.6 Å². The summed E-state index contributed by atoms with van der Waals surface area (Å²) in [6.45, 7) is 6.78. The molecule has 0 nitrogen and oxygen atoms in total. The molecule has 0 atom stereocenters. The van der Waals surface area contributed by atoms with Crippen molar-refractivity contribution in [2.75, 3.05) is 0 Å². The van der Waals surface area contributed by atoms with Crippen LogP contribution >= 0.6 is 30.6 Å². The highest BCUT2D eigenvalue weighted by Crippen LogP contribution is 2.26. The Balaban J connectivity index is 3.39. The summed E-state index contributed by atoms with van der Waals surface area (Å²) in [6, 6.07) is 0.628. The second kappa shape index (κ2) is 3.37. The maximum Gasteiger partial charge on any atom is 0.187 e. The van der Waals surface area contributed by atoms with Crippen LogP contribution in [-0.4, -0.2) is 6.04 Å². The zero-order chi connectivity index (χ0) is 6.78. The van der Waals surface area contributed by atoms with Gasteiger partial charge in [-0.05, 0) is 11.5 Å². The standard InChI is InChI=1S/C5H12Br2Si/c1-5(2,3)4-8(6)7/h8H,4H2,1-3H3. The average Bonchev–Trinajstić information content (AvgIpc) is 1.21. The first kappa shape index (κ1) is 9.18. The van der Waals surface area contributed by atoms with Gasteiger partial charge in [0, 0.05) is 0 Å². The van der Waals surface area contributed by atoms with Crippen LogP contribution in [0.25, 0.3) is 0 Å². The number of halogens is 2. The van der Waals surface area contributed by atoms with Gasteiger partial charge in [0.2, 0.25) is 0 Å². The fourth-order valence-corrected chi connectivity index (χ4v) is 7.22. The van der Waals surface area contributed by atoms with E-state index in [0.717, 1.165) is 0 Å². The van der Waals surface area contributed by atoms with Crippen LogP contribution in [0.4, 0.5) is 0 Å². The maximum absolute atomic E-state index is 3.57. The lowest BCUT2D eigenvalue weighted by Gasteiger charge is -2.17. The van der Waals surface area contributed by atoms with Crippen molar-refractivity contribution in [3.63, 3.8) is 0 Å². The first-order chi connectivity index (χ1) is 3.42. The van der Waals surface area contributed by atoms with Gasteiger partial charge in [0.15, 0.2) is 6.04 Å². The van der Waals surface area contributed by atoms with Gasteiger partial charge in [-0.2, -0.15) is 0 Å². The third-order valence-corrected chi connectivity index (χ3v) is 4.24. The molecule has 0 N–H and O–H groups in total. The minimum absolute atomic E-state index is 0.490. The second-order valence-corrected chi connectivity index (χ2v) is 14.7. The van der Waals surface area contributed by atoms with Gasteiger partial charge in [0.25, 0.3) is 0 Å². The van der Waals surface area contributed by atoms with E-state index >= 15 is 0 Å². The molecule has 0 radical (unpaired) electrons. The van der Waals surface area contributed by atoms with E-state index in [-0.39, 0.29) is 0 Å².